The molecule has 8 rings (SSSR count). The number of aromatic amines is 2. The summed E-state index contributed by atoms with van der Waals surface area (Å²) in [6, 6.07) is 26.7. The second-order valence-electron chi connectivity index (χ2n) is 15.4. The van der Waals surface area contributed by atoms with Gasteiger partial charge in [0, 0.05) is 46.7 Å². The van der Waals surface area contributed by atoms with Gasteiger partial charge in [0.15, 0.2) is 0 Å². The van der Waals surface area contributed by atoms with E-state index in [2.05, 4.69) is 99.3 Å². The zero-order valence-electron chi connectivity index (χ0n) is 32.9. The third-order valence-electron chi connectivity index (χ3n) is 12.0. The molecule has 0 fully saturated rings. The number of carbonyl (C=O) groups excluding carboxylic acids is 2. The lowest BCUT2D eigenvalue weighted by Gasteiger charge is -2.27. The number of rotatable bonds is 9. The van der Waals surface area contributed by atoms with Crippen LogP contribution in [0.2, 0.25) is 0 Å². The highest BCUT2D eigenvalue weighted by Gasteiger charge is 2.40. The third kappa shape index (κ3) is 6.32. The van der Waals surface area contributed by atoms with Crippen LogP contribution in [0.1, 0.15) is 143 Å². The molecule has 2 amide bonds. The molecular formula is C47H50N6O2. The topological polar surface area (TPSA) is 107 Å². The van der Waals surface area contributed by atoms with Crippen LogP contribution in [-0.4, -0.2) is 36.7 Å². The summed E-state index contributed by atoms with van der Waals surface area (Å²) in [7, 11) is 0. The summed E-state index contributed by atoms with van der Waals surface area (Å²) in [5.41, 5.74) is 15.4. The first-order valence-electron chi connectivity index (χ1n) is 19.7. The molecule has 8 bridgehead atoms. The SMILES string of the molecule is CCC[C@@H]1c2nc(cc3[nH]c(cc4nc(cc5[nH]c6c2C(=O)N(Cc2ccccc2)C(=O)c6c5C)C(CC)=C4C)c(C(C)NCc2ccccc2)c3C)[C@H]1C. The van der Waals surface area contributed by atoms with Crippen molar-refractivity contribution in [1.29, 1.82) is 0 Å². The molecule has 55 heavy (non-hydrogen) atoms. The lowest BCUT2D eigenvalue weighted by molar-refractivity contribution is 0.0596. The number of aromatic nitrogens is 4. The number of imide groups is 1. The van der Waals surface area contributed by atoms with Gasteiger partial charge in [-0.25, -0.2) is 4.98 Å². The first-order chi connectivity index (χ1) is 26.6. The number of aryl methyl sites for hydroxylation is 2. The van der Waals surface area contributed by atoms with E-state index < -0.39 is 0 Å². The molecule has 3 atom stereocenters. The summed E-state index contributed by atoms with van der Waals surface area (Å²) >= 11 is 0. The van der Waals surface area contributed by atoms with Crippen molar-refractivity contribution in [2.45, 2.75) is 98.7 Å². The Morgan fingerprint density at radius 2 is 1.44 bits per heavy atom. The van der Waals surface area contributed by atoms with Crippen molar-refractivity contribution in [3.05, 3.63) is 141 Å². The Bertz CT molecular complexity index is 2530. The molecule has 3 N–H and O–H groups in total. The van der Waals surface area contributed by atoms with Crippen molar-refractivity contribution >= 4 is 45.0 Å². The molecule has 280 valence electrons. The zero-order valence-corrected chi connectivity index (χ0v) is 32.9. The Kier molecular flexibility index (Phi) is 9.64. The number of hydrogen-bond acceptors (Lipinski definition) is 5. The molecule has 0 saturated heterocycles. The molecule has 8 nitrogen and oxygen atoms in total. The Labute approximate surface area is 323 Å². The smallest absolute Gasteiger partial charge is 0.265 e. The molecule has 2 aromatic carbocycles. The first kappa shape index (κ1) is 36.4. The summed E-state index contributed by atoms with van der Waals surface area (Å²) in [4.78, 5) is 48.7. The fourth-order valence-corrected chi connectivity index (χ4v) is 8.89. The van der Waals surface area contributed by atoms with Crippen LogP contribution in [0.3, 0.4) is 0 Å². The molecule has 5 aromatic rings. The van der Waals surface area contributed by atoms with E-state index in [1.807, 2.05) is 43.3 Å². The van der Waals surface area contributed by atoms with E-state index in [1.165, 1.54) is 16.0 Å². The van der Waals surface area contributed by atoms with Crippen LogP contribution >= 0.6 is 0 Å². The van der Waals surface area contributed by atoms with E-state index in [0.29, 0.717) is 16.6 Å². The van der Waals surface area contributed by atoms with Crippen LogP contribution in [0.4, 0.5) is 0 Å². The van der Waals surface area contributed by atoms with Gasteiger partial charge < -0.3 is 15.3 Å². The van der Waals surface area contributed by atoms with Gasteiger partial charge >= 0.3 is 0 Å². The van der Waals surface area contributed by atoms with Gasteiger partial charge in [0.05, 0.1) is 40.3 Å². The van der Waals surface area contributed by atoms with Crippen molar-refractivity contribution in [2.75, 3.05) is 0 Å². The lowest BCUT2D eigenvalue weighted by atomic mass is 9.85. The van der Waals surface area contributed by atoms with E-state index in [-0.39, 0.29) is 36.2 Å². The van der Waals surface area contributed by atoms with Crippen LogP contribution in [0.15, 0.2) is 78.9 Å². The number of amides is 2. The molecule has 0 saturated carbocycles. The number of H-pyrrole nitrogens is 2. The number of allylic oxidation sites excluding steroid dienone is 2. The minimum Gasteiger partial charge on any atom is -0.355 e. The van der Waals surface area contributed by atoms with Crippen LogP contribution in [0.25, 0.3) is 33.2 Å². The summed E-state index contributed by atoms with van der Waals surface area (Å²) in [6.45, 7) is 16.0. The average molecular weight is 731 g/mol. The van der Waals surface area contributed by atoms with E-state index in [9.17, 15) is 9.59 Å². The highest BCUT2D eigenvalue weighted by Crippen LogP contribution is 2.44. The van der Waals surface area contributed by atoms with Gasteiger partial charge in [-0.05, 0) is 97.7 Å². The molecule has 0 aliphatic carbocycles. The molecule has 0 radical (unpaired) electrons. The second kappa shape index (κ2) is 14.6. The monoisotopic (exact) mass is 730 g/mol. The van der Waals surface area contributed by atoms with Crippen LogP contribution in [-0.2, 0) is 13.1 Å². The number of carbonyl (C=O) groups is 2. The highest BCUT2D eigenvalue weighted by molar-refractivity contribution is 6.23. The quantitative estimate of drug-likeness (QED) is 0.131. The average Bonchev–Trinajstić information content (AvgIpc) is 3.87. The minimum absolute atomic E-state index is 0.00185. The van der Waals surface area contributed by atoms with Crippen LogP contribution < -0.4 is 5.32 Å². The number of benzene rings is 2. The fourth-order valence-electron chi connectivity index (χ4n) is 8.89. The largest absolute Gasteiger partial charge is 0.355 e. The predicted octanol–water partition coefficient (Wildman–Crippen LogP) is 10.6. The van der Waals surface area contributed by atoms with Crippen molar-refractivity contribution in [3.63, 3.8) is 0 Å². The third-order valence-corrected chi connectivity index (χ3v) is 12.0. The summed E-state index contributed by atoms with van der Waals surface area (Å²) in [6.07, 6.45) is 2.60. The molecular weight excluding hydrogens is 681 g/mol. The van der Waals surface area contributed by atoms with Gasteiger partial charge in [0.25, 0.3) is 11.8 Å². The zero-order chi connectivity index (χ0) is 38.5. The van der Waals surface area contributed by atoms with E-state index in [4.69, 9.17) is 9.97 Å². The minimum atomic E-state index is -0.309. The normalized spacial score (nSPS) is 17.3. The van der Waals surface area contributed by atoms with Gasteiger partial charge in [-0.15, -0.1) is 0 Å². The van der Waals surface area contributed by atoms with Crippen molar-refractivity contribution in [3.8, 4) is 0 Å². The van der Waals surface area contributed by atoms with E-state index in [0.717, 1.165) is 93.0 Å². The fraction of sp³-hybridized carbons (Fsp3) is 0.319. The number of fused-ring (bicyclic) bond motifs is 8. The van der Waals surface area contributed by atoms with E-state index >= 15 is 0 Å². The number of nitrogens with zero attached hydrogens (tertiary/aromatic N) is 3. The van der Waals surface area contributed by atoms with Crippen molar-refractivity contribution in [2.24, 2.45) is 0 Å². The van der Waals surface area contributed by atoms with Gasteiger partial charge in [-0.2, -0.15) is 0 Å². The standard InChI is InChI=1S/C47H50N6O2/c1-8-16-34-27(4)36-21-37-28(5)41(30(7)48-24-31-17-12-10-13-18-31)40(50-37)23-35-26(3)33(9-2)39(49-35)22-38-29(6)42-45(52-38)43(44(34)51-36)47(55)53(46(42)54)25-32-19-14-11-15-20-32/h10-15,17-23,27,30,34,48,50,52H,8-9,16,24-25H2,1-7H3/t27-,30?,34-/m0/s1. The molecule has 3 aliphatic heterocycles. The maximum absolute atomic E-state index is 14.9. The Morgan fingerprint density at radius 3 is 2.13 bits per heavy atom. The van der Waals surface area contributed by atoms with Crippen LogP contribution in [0.5, 0.6) is 0 Å². The molecule has 8 heteroatoms. The molecule has 3 aromatic heterocycles. The Morgan fingerprint density at radius 1 is 0.782 bits per heavy atom. The van der Waals surface area contributed by atoms with Gasteiger partial charge in [-0.1, -0.05) is 87.9 Å². The maximum atomic E-state index is 14.9. The lowest BCUT2D eigenvalue weighted by Crippen LogP contribution is -2.40. The van der Waals surface area contributed by atoms with Crippen molar-refractivity contribution < 1.29 is 9.59 Å². The van der Waals surface area contributed by atoms with Gasteiger partial charge in [0.2, 0.25) is 0 Å². The Hall–Kier alpha value is -5.60. The second-order valence-corrected chi connectivity index (χ2v) is 15.4. The first-order valence-corrected chi connectivity index (χ1v) is 19.7. The predicted molar refractivity (Wildman–Crippen MR) is 222 cm³/mol. The molecule has 6 heterocycles. The maximum Gasteiger partial charge on any atom is 0.265 e. The van der Waals surface area contributed by atoms with Crippen molar-refractivity contribution in [1.82, 2.24) is 30.2 Å². The summed E-state index contributed by atoms with van der Waals surface area (Å²) < 4.78 is 0. The van der Waals surface area contributed by atoms with Gasteiger partial charge in [-0.3, -0.25) is 19.5 Å². The molecule has 3 aliphatic rings. The highest BCUT2D eigenvalue weighted by atomic mass is 16.2. The van der Waals surface area contributed by atoms with E-state index in [1.54, 1.807) is 0 Å². The Balaban J connectivity index is 1.43. The number of hydrogen-bond donors (Lipinski definition) is 3. The summed E-state index contributed by atoms with van der Waals surface area (Å²) in [5, 5.41) is 3.78. The number of nitrogens with one attached hydrogen (secondary N) is 3. The molecule has 0 spiro atoms. The van der Waals surface area contributed by atoms with Gasteiger partial charge in [0.1, 0.15) is 0 Å². The van der Waals surface area contributed by atoms with Crippen LogP contribution in [0, 0.1) is 13.8 Å². The molecule has 1 unspecified atom stereocenters. The summed E-state index contributed by atoms with van der Waals surface area (Å²) in [5.74, 6) is -0.545.